The van der Waals surface area contributed by atoms with Gasteiger partial charge >= 0.3 is 0 Å². The summed E-state index contributed by atoms with van der Waals surface area (Å²) in [7, 11) is 0. The maximum atomic E-state index is 13.5. The Hall–Kier alpha value is -1.99. The minimum atomic E-state index is -1.98. The molecule has 1 amide bonds. The normalized spacial score (nSPS) is 25.6. The van der Waals surface area contributed by atoms with Crippen LogP contribution in [-0.2, 0) is 33.2 Å². The number of hydrogen-bond donors (Lipinski definition) is 12. The zero-order chi connectivity index (χ0) is 77.4. The van der Waals surface area contributed by atoms with Crippen molar-refractivity contribution in [3.8, 4) is 0 Å². The molecule has 3 fully saturated rings. The predicted octanol–water partition coefficient (Wildman–Crippen LogP) is 16.6. The molecule has 0 spiro atoms. The number of carbonyl (C=O) groups is 1. The van der Waals surface area contributed by atoms with E-state index in [1.54, 1.807) is 6.08 Å². The standard InChI is InChI=1S/C88H165NO18/c1-3-5-7-9-11-13-15-17-19-21-23-25-27-29-31-33-34-35-36-38-40-42-44-46-48-50-52-54-56-58-60-62-64-66-76(94)89-71(72(93)65-63-61-59-57-55-53-51-49-47-45-43-41-39-37-32-30-28-26-24-22-20-18-16-14-12-10-8-6-4-2)70-102-86-82(100)79(97)84(74(68-91)104-86)107-88-83(101)80(98)85(75(69-92)105-88)106-87-81(99)78(96)77(95)73(67-90)103-87/h21,23,55,57,63,65,71-75,77-88,90-93,95-101H,3-20,22,24-54,56,58-62,64,66-70H2,1-2H3,(H,89,94)/b23-21-,57-55+,65-63+. The molecule has 12 N–H and O–H groups in total. The molecule has 0 aliphatic carbocycles. The maximum Gasteiger partial charge on any atom is 0.220 e. The highest BCUT2D eigenvalue weighted by atomic mass is 16.8. The van der Waals surface area contributed by atoms with E-state index < -0.39 is 124 Å². The summed E-state index contributed by atoms with van der Waals surface area (Å²) in [5, 5.41) is 121. The fourth-order valence-electron chi connectivity index (χ4n) is 15.3. The maximum absolute atomic E-state index is 13.5. The van der Waals surface area contributed by atoms with E-state index in [1.807, 2.05) is 6.08 Å². The first kappa shape index (κ1) is 99.2. The van der Waals surface area contributed by atoms with Crippen LogP contribution in [0.4, 0.5) is 0 Å². The zero-order valence-electron chi connectivity index (χ0n) is 67.9. The van der Waals surface area contributed by atoms with E-state index in [4.69, 9.17) is 28.4 Å². The molecular formula is C88H165NO18. The van der Waals surface area contributed by atoms with Gasteiger partial charge in [0.1, 0.15) is 73.2 Å². The van der Waals surface area contributed by atoms with Crippen LogP contribution >= 0.6 is 0 Å². The van der Waals surface area contributed by atoms with Crippen LogP contribution in [-0.4, -0.2) is 193 Å². The predicted molar refractivity (Wildman–Crippen MR) is 429 cm³/mol. The molecule has 3 saturated heterocycles. The van der Waals surface area contributed by atoms with Gasteiger partial charge in [0, 0.05) is 6.42 Å². The Labute approximate surface area is 651 Å². The number of amides is 1. The minimum Gasteiger partial charge on any atom is -0.394 e. The van der Waals surface area contributed by atoms with Gasteiger partial charge in [-0.25, -0.2) is 0 Å². The topological polar surface area (TPSA) is 307 Å². The molecule has 0 aromatic carbocycles. The molecule has 3 aliphatic heterocycles. The van der Waals surface area contributed by atoms with E-state index in [0.29, 0.717) is 12.8 Å². The lowest BCUT2D eigenvalue weighted by Gasteiger charge is -2.48. The number of unbranched alkanes of at least 4 members (excludes halogenated alkanes) is 53. The first-order chi connectivity index (χ1) is 52.3. The van der Waals surface area contributed by atoms with Gasteiger partial charge in [-0.2, -0.15) is 0 Å². The SMILES string of the molecule is CCCCCCCCCC/C=C\CCCCCCCCCCCCCCCCCCCCCCCC(=O)NC(COC1OC(CO)C(OC2OC(CO)C(OC3OC(CO)C(O)C(O)C3O)C(O)C2O)C(O)C1O)C(O)/C=C/CC/C=C/CCCCCCCCCCCCCCCCCCCCCCCCC. The quantitative estimate of drug-likeness (QED) is 0.0199. The molecule has 3 rings (SSSR count). The van der Waals surface area contributed by atoms with Gasteiger partial charge in [0.15, 0.2) is 18.9 Å². The lowest BCUT2D eigenvalue weighted by Crippen LogP contribution is -2.66. The van der Waals surface area contributed by atoms with Gasteiger partial charge in [-0.15, -0.1) is 0 Å². The third kappa shape index (κ3) is 47.5. The smallest absolute Gasteiger partial charge is 0.220 e. The Kier molecular flexibility index (Phi) is 63.4. The number of allylic oxidation sites excluding steroid dienone is 5. The summed E-state index contributed by atoms with van der Waals surface area (Å²) in [5.41, 5.74) is 0. The van der Waals surface area contributed by atoms with Crippen LogP contribution in [0.2, 0.25) is 0 Å². The van der Waals surface area contributed by atoms with Crippen LogP contribution in [0.1, 0.15) is 386 Å². The molecule has 0 aromatic rings. The number of hydrogen-bond acceptors (Lipinski definition) is 18. The second-order valence-electron chi connectivity index (χ2n) is 32.1. The molecule has 19 nitrogen and oxygen atoms in total. The second kappa shape index (κ2) is 68.4. The number of rotatable bonds is 73. The average molecular weight is 1530 g/mol. The van der Waals surface area contributed by atoms with Gasteiger partial charge in [0.05, 0.1) is 38.6 Å². The van der Waals surface area contributed by atoms with E-state index in [-0.39, 0.29) is 18.9 Å². The number of aliphatic hydroxyl groups excluding tert-OH is 11. The summed E-state index contributed by atoms with van der Waals surface area (Å²) in [6, 6.07) is -0.991. The monoisotopic (exact) mass is 1520 g/mol. The highest BCUT2D eigenvalue weighted by Gasteiger charge is 2.54. The Bertz CT molecular complexity index is 2070. The fraction of sp³-hybridized carbons (Fsp3) is 0.920. The summed E-state index contributed by atoms with van der Waals surface area (Å²) in [4.78, 5) is 13.5. The Morgan fingerprint density at radius 3 is 0.935 bits per heavy atom. The number of ether oxygens (including phenoxy) is 6. The average Bonchev–Trinajstić information content (AvgIpc) is 0.782. The lowest BCUT2D eigenvalue weighted by molar-refractivity contribution is -0.379. The molecule has 0 bridgehead atoms. The van der Waals surface area contributed by atoms with Crippen molar-refractivity contribution < 1.29 is 89.4 Å². The summed E-state index contributed by atoms with van der Waals surface area (Å²) in [5.74, 6) is -0.277. The van der Waals surface area contributed by atoms with Crippen molar-refractivity contribution >= 4 is 5.91 Å². The molecule has 0 aromatic heterocycles. The largest absolute Gasteiger partial charge is 0.394 e. The molecule has 19 heteroatoms. The fourth-order valence-corrected chi connectivity index (χ4v) is 15.3. The van der Waals surface area contributed by atoms with Gasteiger partial charge in [-0.1, -0.05) is 359 Å². The van der Waals surface area contributed by atoms with Crippen molar-refractivity contribution in [2.75, 3.05) is 26.4 Å². The molecule has 0 saturated carbocycles. The highest BCUT2D eigenvalue weighted by Crippen LogP contribution is 2.34. The Morgan fingerprint density at radius 2 is 0.598 bits per heavy atom. The van der Waals surface area contributed by atoms with Crippen LogP contribution in [0, 0.1) is 0 Å². The summed E-state index contributed by atoms with van der Waals surface area (Å²) in [6.07, 6.45) is 60.2. The summed E-state index contributed by atoms with van der Waals surface area (Å²) in [6.45, 7) is 1.79. The summed E-state index contributed by atoms with van der Waals surface area (Å²) < 4.78 is 34.5. The van der Waals surface area contributed by atoms with Gasteiger partial charge < -0.3 is 89.9 Å². The minimum absolute atomic E-state index is 0.240. The molecular weight excluding hydrogens is 1360 g/mol. The Morgan fingerprint density at radius 1 is 0.327 bits per heavy atom. The van der Waals surface area contributed by atoms with Crippen LogP contribution in [0.3, 0.4) is 0 Å². The molecule has 17 unspecified atom stereocenters. The van der Waals surface area contributed by atoms with Gasteiger partial charge in [0.2, 0.25) is 5.91 Å². The third-order valence-corrected chi connectivity index (χ3v) is 22.4. The third-order valence-electron chi connectivity index (χ3n) is 22.4. The van der Waals surface area contributed by atoms with E-state index in [0.717, 1.165) is 38.5 Å². The molecule has 630 valence electrons. The first-order valence-corrected chi connectivity index (χ1v) is 44.7. The number of aliphatic hydroxyl groups is 11. The molecule has 0 radical (unpaired) electrons. The van der Waals surface area contributed by atoms with E-state index >= 15 is 0 Å². The number of nitrogens with one attached hydrogen (secondary N) is 1. The molecule has 3 aliphatic rings. The van der Waals surface area contributed by atoms with Crippen molar-refractivity contribution in [3.63, 3.8) is 0 Å². The first-order valence-electron chi connectivity index (χ1n) is 44.7. The molecule has 17 atom stereocenters. The zero-order valence-corrected chi connectivity index (χ0v) is 67.9. The van der Waals surface area contributed by atoms with Crippen molar-refractivity contribution in [2.24, 2.45) is 0 Å². The van der Waals surface area contributed by atoms with Crippen molar-refractivity contribution in [3.05, 3.63) is 36.5 Å². The van der Waals surface area contributed by atoms with Crippen molar-refractivity contribution in [2.45, 2.75) is 491 Å². The van der Waals surface area contributed by atoms with Crippen LogP contribution in [0.15, 0.2) is 36.5 Å². The lowest BCUT2D eigenvalue weighted by atomic mass is 9.96. The van der Waals surface area contributed by atoms with Gasteiger partial charge in [-0.3, -0.25) is 4.79 Å². The van der Waals surface area contributed by atoms with E-state index in [9.17, 15) is 61.0 Å². The summed E-state index contributed by atoms with van der Waals surface area (Å²) >= 11 is 0. The van der Waals surface area contributed by atoms with Crippen LogP contribution < -0.4 is 5.32 Å². The highest BCUT2D eigenvalue weighted by molar-refractivity contribution is 5.76. The van der Waals surface area contributed by atoms with Gasteiger partial charge in [0.25, 0.3) is 0 Å². The number of carbonyl (C=O) groups excluding carboxylic acids is 1. The van der Waals surface area contributed by atoms with Gasteiger partial charge in [-0.05, 0) is 57.8 Å². The van der Waals surface area contributed by atoms with E-state index in [1.165, 1.54) is 315 Å². The van der Waals surface area contributed by atoms with Crippen LogP contribution in [0.5, 0.6) is 0 Å². The molecule has 107 heavy (non-hydrogen) atoms. The van der Waals surface area contributed by atoms with Crippen LogP contribution in [0.25, 0.3) is 0 Å². The van der Waals surface area contributed by atoms with Crippen molar-refractivity contribution in [1.82, 2.24) is 5.32 Å². The van der Waals surface area contributed by atoms with Crippen molar-refractivity contribution in [1.29, 1.82) is 0 Å². The van der Waals surface area contributed by atoms with E-state index in [2.05, 4.69) is 43.5 Å². The second-order valence-corrected chi connectivity index (χ2v) is 32.1. The molecule has 3 heterocycles. The Balaban J connectivity index is 1.34.